The van der Waals surface area contributed by atoms with Gasteiger partial charge in [-0.1, -0.05) is 23.4 Å². The molecule has 0 fully saturated rings. The van der Waals surface area contributed by atoms with Gasteiger partial charge in [-0.05, 0) is 30.5 Å². The molecule has 2 aromatic rings. The number of halogens is 1. The first kappa shape index (κ1) is 12.2. The predicted molar refractivity (Wildman–Crippen MR) is 70.8 cm³/mol. The topological polar surface area (TPSA) is 35.0 Å². The Labute approximate surface area is 109 Å². The zero-order valence-corrected chi connectivity index (χ0v) is 11.0. The van der Waals surface area contributed by atoms with Gasteiger partial charge in [-0.2, -0.15) is 0 Å². The smallest absolute Gasteiger partial charge is 0.189 e. The Kier molecular flexibility index (Phi) is 3.86. The molecule has 0 N–H and O–H groups in total. The molecule has 0 amide bonds. The molecule has 0 spiro atoms. The minimum Gasteiger partial charge on any atom is -0.497 e. The molecule has 2 rings (SSSR count). The minimum absolute atomic E-state index is 0.454. The monoisotopic (exact) mass is 266 g/mol. The van der Waals surface area contributed by atoms with Crippen molar-refractivity contribution in [1.82, 2.24) is 9.97 Å². The minimum atomic E-state index is 0.454. The van der Waals surface area contributed by atoms with E-state index < -0.39 is 0 Å². The lowest BCUT2D eigenvalue weighted by atomic mass is 10.1. The van der Waals surface area contributed by atoms with Gasteiger partial charge in [-0.25, -0.2) is 9.97 Å². The van der Waals surface area contributed by atoms with Crippen molar-refractivity contribution in [3.63, 3.8) is 0 Å². The molecule has 0 radical (unpaired) electrons. The molecule has 0 bridgehead atoms. The summed E-state index contributed by atoms with van der Waals surface area (Å²) in [5.74, 6) is 0.819. The number of rotatable bonds is 3. The van der Waals surface area contributed by atoms with Gasteiger partial charge < -0.3 is 4.74 Å². The number of methoxy groups -OCH3 is 1. The first-order valence-corrected chi connectivity index (χ1v) is 6.56. The van der Waals surface area contributed by atoms with Gasteiger partial charge in [0, 0.05) is 11.6 Å². The van der Waals surface area contributed by atoms with Gasteiger partial charge in [0.1, 0.15) is 10.9 Å². The van der Waals surface area contributed by atoms with Crippen LogP contribution in [0.5, 0.6) is 5.75 Å². The average molecular weight is 267 g/mol. The highest BCUT2D eigenvalue weighted by Crippen LogP contribution is 2.24. The third-order valence-electron chi connectivity index (χ3n) is 2.24. The quantitative estimate of drug-likeness (QED) is 0.484. The summed E-state index contributed by atoms with van der Waals surface area (Å²) in [6.07, 6.45) is 1.92. The second-order valence-electron chi connectivity index (χ2n) is 3.29. The predicted octanol–water partition coefficient (Wildman–Crippen LogP) is 3.53. The molecule has 1 aromatic carbocycles. The van der Waals surface area contributed by atoms with Crippen molar-refractivity contribution in [1.29, 1.82) is 0 Å². The number of nitrogens with zero attached hydrogens (tertiary/aromatic N) is 2. The van der Waals surface area contributed by atoms with Gasteiger partial charge in [0.2, 0.25) is 0 Å². The van der Waals surface area contributed by atoms with E-state index in [-0.39, 0.29) is 0 Å². The maximum atomic E-state index is 5.95. The van der Waals surface area contributed by atoms with Crippen LogP contribution in [-0.2, 0) is 0 Å². The molecule has 0 unspecified atom stereocenters. The molecule has 0 aliphatic heterocycles. The standard InChI is InChI=1S/C12H11ClN2OS/c1-16-9-5-3-8(4-6-9)10-7-11(13)15-12(14-10)17-2/h3-7H,1-2H3. The molecule has 0 aliphatic rings. The average Bonchev–Trinajstić information content (AvgIpc) is 2.38. The van der Waals surface area contributed by atoms with E-state index >= 15 is 0 Å². The van der Waals surface area contributed by atoms with Gasteiger partial charge in [-0.15, -0.1) is 0 Å². The van der Waals surface area contributed by atoms with Gasteiger partial charge in [-0.3, -0.25) is 0 Å². The largest absolute Gasteiger partial charge is 0.497 e. The fraction of sp³-hybridized carbons (Fsp3) is 0.167. The molecule has 17 heavy (non-hydrogen) atoms. The van der Waals surface area contributed by atoms with E-state index in [1.165, 1.54) is 11.8 Å². The van der Waals surface area contributed by atoms with Crippen LogP contribution in [0.4, 0.5) is 0 Å². The number of hydrogen-bond acceptors (Lipinski definition) is 4. The van der Waals surface area contributed by atoms with Crippen LogP contribution in [0.15, 0.2) is 35.5 Å². The molecule has 5 heteroatoms. The van der Waals surface area contributed by atoms with E-state index in [0.717, 1.165) is 17.0 Å². The van der Waals surface area contributed by atoms with Gasteiger partial charge in [0.25, 0.3) is 0 Å². The summed E-state index contributed by atoms with van der Waals surface area (Å²) in [5, 5.41) is 1.12. The summed E-state index contributed by atoms with van der Waals surface area (Å²) in [6.45, 7) is 0. The van der Waals surface area contributed by atoms with E-state index in [2.05, 4.69) is 9.97 Å². The third kappa shape index (κ3) is 2.90. The summed E-state index contributed by atoms with van der Waals surface area (Å²) in [5.41, 5.74) is 1.81. The zero-order valence-electron chi connectivity index (χ0n) is 9.48. The zero-order chi connectivity index (χ0) is 12.3. The van der Waals surface area contributed by atoms with Crippen LogP contribution in [0, 0.1) is 0 Å². The van der Waals surface area contributed by atoms with Crippen molar-refractivity contribution in [3.05, 3.63) is 35.5 Å². The van der Waals surface area contributed by atoms with Crippen molar-refractivity contribution >= 4 is 23.4 Å². The maximum absolute atomic E-state index is 5.95. The Morgan fingerprint density at radius 3 is 2.47 bits per heavy atom. The molecule has 0 aliphatic carbocycles. The SMILES string of the molecule is COc1ccc(-c2cc(Cl)nc(SC)n2)cc1. The highest BCUT2D eigenvalue weighted by molar-refractivity contribution is 7.98. The number of hydrogen-bond donors (Lipinski definition) is 0. The summed E-state index contributed by atoms with van der Waals surface area (Å²) >= 11 is 7.42. The number of ether oxygens (including phenoxy) is 1. The van der Waals surface area contributed by atoms with E-state index in [1.807, 2.05) is 30.5 Å². The second-order valence-corrected chi connectivity index (χ2v) is 4.45. The lowest BCUT2D eigenvalue weighted by Gasteiger charge is -2.04. The van der Waals surface area contributed by atoms with Crippen LogP contribution in [0.1, 0.15) is 0 Å². The van der Waals surface area contributed by atoms with E-state index in [4.69, 9.17) is 16.3 Å². The number of aromatic nitrogens is 2. The van der Waals surface area contributed by atoms with Crippen molar-refractivity contribution < 1.29 is 4.74 Å². The molecule has 1 heterocycles. The summed E-state index contributed by atoms with van der Waals surface area (Å²) in [6, 6.07) is 9.43. The molecule has 1 aromatic heterocycles. The van der Waals surface area contributed by atoms with Crippen molar-refractivity contribution in [2.75, 3.05) is 13.4 Å². The lowest BCUT2D eigenvalue weighted by molar-refractivity contribution is 0.415. The highest BCUT2D eigenvalue weighted by Gasteiger charge is 2.05. The maximum Gasteiger partial charge on any atom is 0.189 e. The molecular weight excluding hydrogens is 256 g/mol. The van der Waals surface area contributed by atoms with Gasteiger partial charge >= 0.3 is 0 Å². The van der Waals surface area contributed by atoms with Crippen molar-refractivity contribution in [3.8, 4) is 17.0 Å². The van der Waals surface area contributed by atoms with Gasteiger partial charge in [0.05, 0.1) is 12.8 Å². The summed E-state index contributed by atoms with van der Waals surface area (Å²) in [4.78, 5) is 8.51. The number of thioether (sulfide) groups is 1. The first-order valence-electron chi connectivity index (χ1n) is 4.96. The Hall–Kier alpha value is -1.26. The Morgan fingerprint density at radius 2 is 1.88 bits per heavy atom. The Morgan fingerprint density at radius 1 is 1.18 bits per heavy atom. The van der Waals surface area contributed by atoms with Gasteiger partial charge in [0.15, 0.2) is 5.16 Å². The lowest BCUT2D eigenvalue weighted by Crippen LogP contribution is -1.91. The molecule has 3 nitrogen and oxygen atoms in total. The van der Waals surface area contributed by atoms with Crippen molar-refractivity contribution in [2.45, 2.75) is 5.16 Å². The second kappa shape index (κ2) is 5.38. The van der Waals surface area contributed by atoms with Crippen LogP contribution in [0.3, 0.4) is 0 Å². The highest BCUT2D eigenvalue weighted by atomic mass is 35.5. The van der Waals surface area contributed by atoms with E-state index in [0.29, 0.717) is 10.3 Å². The third-order valence-corrected chi connectivity index (χ3v) is 2.98. The summed E-state index contributed by atoms with van der Waals surface area (Å²) in [7, 11) is 1.64. The van der Waals surface area contributed by atoms with Crippen LogP contribution < -0.4 is 4.74 Å². The Balaban J connectivity index is 2.41. The molecule has 0 atom stereocenters. The van der Waals surface area contributed by atoms with Crippen LogP contribution >= 0.6 is 23.4 Å². The molecule has 0 saturated carbocycles. The Bertz CT molecular complexity index is 516. The first-order chi connectivity index (χ1) is 8.22. The van der Waals surface area contributed by atoms with E-state index in [9.17, 15) is 0 Å². The molecule has 88 valence electrons. The van der Waals surface area contributed by atoms with Crippen molar-refractivity contribution in [2.24, 2.45) is 0 Å². The van der Waals surface area contributed by atoms with Crippen LogP contribution in [0.25, 0.3) is 11.3 Å². The van der Waals surface area contributed by atoms with Crippen LogP contribution in [-0.4, -0.2) is 23.3 Å². The summed E-state index contributed by atoms with van der Waals surface area (Å²) < 4.78 is 5.11. The fourth-order valence-electron chi connectivity index (χ4n) is 1.40. The van der Waals surface area contributed by atoms with E-state index in [1.54, 1.807) is 13.2 Å². The number of benzene rings is 1. The molecule has 0 saturated heterocycles. The normalized spacial score (nSPS) is 10.3. The van der Waals surface area contributed by atoms with Crippen LogP contribution in [0.2, 0.25) is 5.15 Å². The fourth-order valence-corrected chi connectivity index (χ4v) is 2.01. The molecular formula is C12H11ClN2OS.